The van der Waals surface area contributed by atoms with Crippen molar-refractivity contribution in [1.82, 2.24) is 10.6 Å². The zero-order valence-corrected chi connectivity index (χ0v) is 12.5. The van der Waals surface area contributed by atoms with Crippen molar-refractivity contribution in [3.63, 3.8) is 0 Å². The van der Waals surface area contributed by atoms with Crippen molar-refractivity contribution >= 4 is 29.5 Å². The van der Waals surface area contributed by atoms with E-state index in [0.29, 0.717) is 17.2 Å². The molecule has 1 aromatic carbocycles. The molecule has 0 spiro atoms. The lowest BCUT2D eigenvalue weighted by Crippen LogP contribution is -2.39. The van der Waals surface area contributed by atoms with Crippen LogP contribution in [0.25, 0.3) is 0 Å². The highest BCUT2D eigenvalue weighted by Crippen LogP contribution is 2.01. The Hall–Kier alpha value is -2.01. The first-order valence-corrected chi connectivity index (χ1v) is 6.86. The second-order valence-corrected chi connectivity index (χ2v) is 4.40. The molecule has 4 nitrogen and oxygen atoms in total. The van der Waals surface area contributed by atoms with Crippen molar-refractivity contribution in [2.75, 3.05) is 6.54 Å². The minimum atomic E-state index is -0.207. The minimum Gasteiger partial charge on any atom is -0.362 e. The second-order valence-electron chi connectivity index (χ2n) is 3.99. The third-order valence-electron chi connectivity index (χ3n) is 2.56. The van der Waals surface area contributed by atoms with Crippen LogP contribution in [-0.2, 0) is 0 Å². The summed E-state index contributed by atoms with van der Waals surface area (Å²) in [6.45, 7) is 4.45. The number of hydrogen-bond acceptors (Lipinski definition) is 3. The van der Waals surface area contributed by atoms with E-state index in [4.69, 9.17) is 12.2 Å². The monoisotopic (exact) mass is 289 g/mol. The summed E-state index contributed by atoms with van der Waals surface area (Å²) in [6, 6.07) is 8.97. The third-order valence-corrected chi connectivity index (χ3v) is 2.80. The SMILES string of the molecule is CC=N/C(=C\C)CCNC(=S)NC(=O)c1ccccc1. The molecule has 0 fully saturated rings. The zero-order chi connectivity index (χ0) is 14.8. The van der Waals surface area contributed by atoms with Crippen molar-refractivity contribution in [3.05, 3.63) is 47.7 Å². The van der Waals surface area contributed by atoms with Crippen LogP contribution in [0.4, 0.5) is 0 Å². The summed E-state index contributed by atoms with van der Waals surface area (Å²) in [6.07, 6.45) is 4.46. The first-order valence-electron chi connectivity index (χ1n) is 6.45. The number of benzene rings is 1. The molecule has 0 atom stereocenters. The van der Waals surface area contributed by atoms with Crippen LogP contribution in [0.5, 0.6) is 0 Å². The predicted octanol–water partition coefficient (Wildman–Crippen LogP) is 2.68. The van der Waals surface area contributed by atoms with Crippen LogP contribution in [0.1, 0.15) is 30.6 Å². The number of thiocarbonyl (C=S) groups is 1. The normalized spacial score (nSPS) is 11.4. The van der Waals surface area contributed by atoms with Crippen LogP contribution in [0.15, 0.2) is 47.1 Å². The highest BCUT2D eigenvalue weighted by atomic mass is 32.1. The number of allylic oxidation sites excluding steroid dienone is 1. The number of nitrogens with one attached hydrogen (secondary N) is 2. The van der Waals surface area contributed by atoms with Gasteiger partial charge in [-0.05, 0) is 38.2 Å². The van der Waals surface area contributed by atoms with Gasteiger partial charge in [-0.25, -0.2) is 0 Å². The van der Waals surface area contributed by atoms with Crippen LogP contribution < -0.4 is 10.6 Å². The maximum atomic E-state index is 11.8. The van der Waals surface area contributed by atoms with E-state index in [9.17, 15) is 4.79 Å². The summed E-state index contributed by atoms with van der Waals surface area (Å²) in [7, 11) is 0. The molecule has 0 aliphatic heterocycles. The van der Waals surface area contributed by atoms with Gasteiger partial charge in [0.05, 0.1) is 0 Å². The third kappa shape index (κ3) is 5.75. The van der Waals surface area contributed by atoms with Gasteiger partial charge in [0, 0.05) is 30.4 Å². The molecule has 2 N–H and O–H groups in total. The van der Waals surface area contributed by atoms with Crippen LogP contribution in [0, 0.1) is 0 Å². The van der Waals surface area contributed by atoms with E-state index in [0.717, 1.165) is 12.1 Å². The van der Waals surface area contributed by atoms with Gasteiger partial charge in [-0.2, -0.15) is 0 Å². The molecule has 0 radical (unpaired) electrons. The van der Waals surface area contributed by atoms with Crippen LogP contribution in [0.2, 0.25) is 0 Å². The average molecular weight is 289 g/mol. The van der Waals surface area contributed by atoms with E-state index < -0.39 is 0 Å². The maximum Gasteiger partial charge on any atom is 0.257 e. The van der Waals surface area contributed by atoms with Gasteiger partial charge in [0.15, 0.2) is 5.11 Å². The Balaban J connectivity index is 2.36. The van der Waals surface area contributed by atoms with Gasteiger partial charge in [0.1, 0.15) is 0 Å². The molecule has 0 unspecified atom stereocenters. The van der Waals surface area contributed by atoms with Crippen LogP contribution in [-0.4, -0.2) is 23.8 Å². The van der Waals surface area contributed by atoms with E-state index in [-0.39, 0.29) is 5.91 Å². The zero-order valence-electron chi connectivity index (χ0n) is 11.7. The van der Waals surface area contributed by atoms with E-state index in [1.807, 2.05) is 38.1 Å². The lowest BCUT2D eigenvalue weighted by Gasteiger charge is -2.09. The number of carbonyl (C=O) groups is 1. The summed E-state index contributed by atoms with van der Waals surface area (Å²) >= 11 is 5.08. The summed E-state index contributed by atoms with van der Waals surface area (Å²) in [5.74, 6) is -0.207. The Kier molecular flexibility index (Phi) is 7.21. The Morgan fingerprint density at radius 2 is 2.00 bits per heavy atom. The Bertz CT molecular complexity index is 509. The van der Waals surface area contributed by atoms with Crippen molar-refractivity contribution < 1.29 is 4.79 Å². The van der Waals surface area contributed by atoms with Gasteiger partial charge in [-0.1, -0.05) is 24.3 Å². The van der Waals surface area contributed by atoms with Crippen molar-refractivity contribution in [3.8, 4) is 0 Å². The lowest BCUT2D eigenvalue weighted by molar-refractivity contribution is 0.0976. The fourth-order valence-corrected chi connectivity index (χ4v) is 1.76. The summed E-state index contributed by atoms with van der Waals surface area (Å²) in [4.78, 5) is 16.1. The smallest absolute Gasteiger partial charge is 0.257 e. The molecule has 0 saturated heterocycles. The maximum absolute atomic E-state index is 11.8. The molecule has 0 aliphatic carbocycles. The topological polar surface area (TPSA) is 53.5 Å². The van der Waals surface area contributed by atoms with Gasteiger partial charge in [-0.3, -0.25) is 15.1 Å². The van der Waals surface area contributed by atoms with Crippen molar-refractivity contribution in [1.29, 1.82) is 0 Å². The molecule has 20 heavy (non-hydrogen) atoms. The highest BCUT2D eigenvalue weighted by Gasteiger charge is 2.06. The molecule has 1 rings (SSSR count). The minimum absolute atomic E-state index is 0.207. The summed E-state index contributed by atoms with van der Waals surface area (Å²) in [5, 5.41) is 5.96. The van der Waals surface area contributed by atoms with Gasteiger partial charge in [0.25, 0.3) is 5.91 Å². The van der Waals surface area contributed by atoms with Gasteiger partial charge < -0.3 is 5.32 Å². The molecule has 0 bridgehead atoms. The standard InChI is InChI=1S/C15H19N3OS/c1-3-13(16-4-2)10-11-17-15(20)18-14(19)12-8-6-5-7-9-12/h3-9H,10-11H2,1-2H3,(H2,17,18,19,20)/b13-3-,16-4?. The molecule has 0 heterocycles. The average Bonchev–Trinajstić information content (AvgIpc) is 2.47. The van der Waals surface area contributed by atoms with Crippen molar-refractivity contribution in [2.24, 2.45) is 4.99 Å². The van der Waals surface area contributed by atoms with Crippen molar-refractivity contribution in [2.45, 2.75) is 20.3 Å². The van der Waals surface area contributed by atoms with E-state index in [2.05, 4.69) is 15.6 Å². The number of rotatable bonds is 5. The number of nitrogens with zero attached hydrogens (tertiary/aromatic N) is 1. The number of hydrogen-bond donors (Lipinski definition) is 2. The Morgan fingerprint density at radius 1 is 1.30 bits per heavy atom. The van der Waals surface area contributed by atoms with Crippen LogP contribution in [0.3, 0.4) is 0 Å². The second kappa shape index (κ2) is 8.98. The van der Waals surface area contributed by atoms with Crippen LogP contribution >= 0.6 is 12.2 Å². The van der Waals surface area contributed by atoms with E-state index >= 15 is 0 Å². The molecule has 0 aliphatic rings. The summed E-state index contributed by atoms with van der Waals surface area (Å²) in [5.41, 5.74) is 1.57. The Labute approximate surface area is 125 Å². The first-order chi connectivity index (χ1) is 9.67. The first kappa shape index (κ1) is 16.0. The van der Waals surface area contributed by atoms with Gasteiger partial charge >= 0.3 is 0 Å². The van der Waals surface area contributed by atoms with E-state index in [1.165, 1.54) is 0 Å². The fraction of sp³-hybridized carbons (Fsp3) is 0.267. The van der Waals surface area contributed by atoms with Gasteiger partial charge in [-0.15, -0.1) is 0 Å². The number of carbonyl (C=O) groups excluding carboxylic acids is 1. The molecule has 1 aromatic rings. The lowest BCUT2D eigenvalue weighted by atomic mass is 10.2. The highest BCUT2D eigenvalue weighted by molar-refractivity contribution is 7.80. The molecule has 5 heteroatoms. The molecule has 0 saturated carbocycles. The quantitative estimate of drug-likeness (QED) is 0.647. The predicted molar refractivity (Wildman–Crippen MR) is 87.0 cm³/mol. The number of aliphatic imine (C=N–C) groups is 1. The molecule has 0 aromatic heterocycles. The fourth-order valence-electron chi connectivity index (χ4n) is 1.56. The number of amides is 1. The molecular weight excluding hydrogens is 270 g/mol. The summed E-state index contributed by atoms with van der Waals surface area (Å²) < 4.78 is 0. The molecule has 1 amide bonds. The van der Waals surface area contributed by atoms with Gasteiger partial charge in [0.2, 0.25) is 0 Å². The Morgan fingerprint density at radius 3 is 2.60 bits per heavy atom. The largest absolute Gasteiger partial charge is 0.362 e. The molecule has 106 valence electrons. The van der Waals surface area contributed by atoms with E-state index in [1.54, 1.807) is 18.3 Å². The molecular formula is C15H19N3OS.